The van der Waals surface area contributed by atoms with Crippen molar-refractivity contribution in [1.29, 1.82) is 0 Å². The molecule has 0 saturated carbocycles. The standard InChI is InChI=1S/C22H21NO6/c1-27-19-10-13(4-7-16(19)23-26)22(14-5-8-17(24)20(11-14)28-2)15-6-9-18(25)21(12-15)29-3/h4-12,22,24-25H,1-3H3. The zero-order valence-corrected chi connectivity index (χ0v) is 16.2. The molecule has 0 aliphatic heterocycles. The highest BCUT2D eigenvalue weighted by Gasteiger charge is 2.21. The van der Waals surface area contributed by atoms with Crippen LogP contribution in [0.25, 0.3) is 0 Å². The van der Waals surface area contributed by atoms with Gasteiger partial charge in [0, 0.05) is 5.92 Å². The molecule has 0 atom stereocenters. The van der Waals surface area contributed by atoms with Crippen LogP contribution < -0.4 is 14.2 Å². The number of rotatable bonds is 7. The summed E-state index contributed by atoms with van der Waals surface area (Å²) < 4.78 is 15.8. The Balaban J connectivity index is 2.23. The number of hydrogen-bond donors (Lipinski definition) is 2. The van der Waals surface area contributed by atoms with Crippen LogP contribution in [0.3, 0.4) is 0 Å². The maximum absolute atomic E-state index is 11.0. The average molecular weight is 395 g/mol. The highest BCUT2D eigenvalue weighted by Crippen LogP contribution is 2.41. The summed E-state index contributed by atoms with van der Waals surface area (Å²) in [6.07, 6.45) is 0. The summed E-state index contributed by atoms with van der Waals surface area (Å²) in [5.74, 6) is 0.730. The minimum Gasteiger partial charge on any atom is -0.504 e. The van der Waals surface area contributed by atoms with Gasteiger partial charge in [0.2, 0.25) is 0 Å². The molecule has 3 rings (SSSR count). The van der Waals surface area contributed by atoms with E-state index in [2.05, 4.69) is 5.18 Å². The molecule has 0 unspecified atom stereocenters. The Kier molecular flexibility index (Phi) is 5.87. The fourth-order valence-electron chi connectivity index (χ4n) is 3.27. The molecule has 0 radical (unpaired) electrons. The van der Waals surface area contributed by atoms with Crippen LogP contribution in [0.2, 0.25) is 0 Å². The zero-order chi connectivity index (χ0) is 21.0. The Bertz CT molecular complexity index is 980. The summed E-state index contributed by atoms with van der Waals surface area (Å²) in [4.78, 5) is 11.0. The third kappa shape index (κ3) is 3.94. The van der Waals surface area contributed by atoms with Gasteiger partial charge in [0.05, 0.1) is 21.3 Å². The smallest absolute Gasteiger partial charge is 0.160 e. The number of methoxy groups -OCH3 is 3. The first-order valence-corrected chi connectivity index (χ1v) is 8.77. The molecule has 7 nitrogen and oxygen atoms in total. The third-order valence-corrected chi connectivity index (χ3v) is 4.71. The molecule has 0 spiro atoms. The number of ether oxygens (including phenoxy) is 3. The van der Waals surface area contributed by atoms with Crippen LogP contribution in [0.15, 0.2) is 59.8 Å². The minimum atomic E-state index is -0.325. The minimum absolute atomic E-state index is 0.0244. The van der Waals surface area contributed by atoms with Gasteiger partial charge in [-0.3, -0.25) is 0 Å². The van der Waals surface area contributed by atoms with E-state index in [4.69, 9.17) is 14.2 Å². The summed E-state index contributed by atoms with van der Waals surface area (Å²) in [5, 5.41) is 22.9. The SMILES string of the molecule is COc1cc(C(c2ccc(O)c(OC)c2)c2ccc(N=O)c(OC)c2)ccc1O. The molecule has 0 aromatic heterocycles. The number of benzene rings is 3. The first-order chi connectivity index (χ1) is 14.0. The molecule has 7 heteroatoms. The zero-order valence-electron chi connectivity index (χ0n) is 16.2. The van der Waals surface area contributed by atoms with E-state index in [9.17, 15) is 15.1 Å². The van der Waals surface area contributed by atoms with Crippen molar-refractivity contribution in [2.75, 3.05) is 21.3 Å². The van der Waals surface area contributed by atoms with Gasteiger partial charge >= 0.3 is 0 Å². The average Bonchev–Trinajstić information content (AvgIpc) is 2.75. The van der Waals surface area contributed by atoms with Crippen LogP contribution in [-0.4, -0.2) is 31.5 Å². The van der Waals surface area contributed by atoms with Crippen molar-refractivity contribution in [2.24, 2.45) is 5.18 Å². The molecule has 0 heterocycles. The predicted molar refractivity (Wildman–Crippen MR) is 109 cm³/mol. The van der Waals surface area contributed by atoms with Crippen molar-refractivity contribution in [3.8, 4) is 28.7 Å². The third-order valence-electron chi connectivity index (χ3n) is 4.71. The number of phenolic OH excluding ortho intramolecular Hbond substituents is 2. The van der Waals surface area contributed by atoms with Gasteiger partial charge in [-0.25, -0.2) is 0 Å². The van der Waals surface area contributed by atoms with E-state index >= 15 is 0 Å². The van der Waals surface area contributed by atoms with Gasteiger partial charge in [-0.05, 0) is 58.3 Å². The molecule has 150 valence electrons. The van der Waals surface area contributed by atoms with E-state index in [-0.39, 0.29) is 23.1 Å². The molecular formula is C22H21NO6. The number of nitrogens with zero attached hydrogens (tertiary/aromatic N) is 1. The monoisotopic (exact) mass is 395 g/mol. The van der Waals surface area contributed by atoms with E-state index in [1.165, 1.54) is 21.3 Å². The maximum atomic E-state index is 11.0. The van der Waals surface area contributed by atoms with Crippen molar-refractivity contribution in [1.82, 2.24) is 0 Å². The molecule has 0 aliphatic rings. The largest absolute Gasteiger partial charge is 0.504 e. The summed E-state index contributed by atoms with van der Waals surface area (Å²) in [6.45, 7) is 0. The van der Waals surface area contributed by atoms with Gasteiger partial charge in [-0.1, -0.05) is 18.2 Å². The molecule has 3 aromatic carbocycles. The lowest BCUT2D eigenvalue weighted by molar-refractivity contribution is 0.372. The predicted octanol–water partition coefficient (Wildman–Crippen LogP) is 4.70. The molecule has 0 saturated heterocycles. The second-order valence-corrected chi connectivity index (χ2v) is 6.32. The summed E-state index contributed by atoms with van der Waals surface area (Å²) in [5.41, 5.74) is 2.65. The van der Waals surface area contributed by atoms with Crippen LogP contribution >= 0.6 is 0 Å². The van der Waals surface area contributed by atoms with Crippen LogP contribution in [0.4, 0.5) is 5.69 Å². The normalized spacial score (nSPS) is 10.6. The van der Waals surface area contributed by atoms with Crippen molar-refractivity contribution >= 4 is 5.69 Å². The fourth-order valence-corrected chi connectivity index (χ4v) is 3.27. The lowest BCUT2D eigenvalue weighted by atomic mass is 9.84. The fraction of sp³-hybridized carbons (Fsp3) is 0.182. The number of aromatic hydroxyl groups is 2. The van der Waals surface area contributed by atoms with E-state index in [0.29, 0.717) is 17.2 Å². The summed E-state index contributed by atoms with van der Waals surface area (Å²) in [7, 11) is 4.42. The van der Waals surface area contributed by atoms with Crippen LogP contribution in [0, 0.1) is 4.91 Å². The highest BCUT2D eigenvalue weighted by molar-refractivity contribution is 5.58. The van der Waals surface area contributed by atoms with Crippen molar-refractivity contribution < 1.29 is 24.4 Å². The van der Waals surface area contributed by atoms with Gasteiger partial charge < -0.3 is 24.4 Å². The molecule has 2 N–H and O–H groups in total. The maximum Gasteiger partial charge on any atom is 0.160 e. The topological polar surface area (TPSA) is 97.6 Å². The molecule has 29 heavy (non-hydrogen) atoms. The molecule has 0 bridgehead atoms. The second kappa shape index (κ2) is 8.52. The Morgan fingerprint density at radius 3 is 1.52 bits per heavy atom. The van der Waals surface area contributed by atoms with Gasteiger partial charge in [-0.2, -0.15) is 0 Å². The molecule has 0 fully saturated rings. The second-order valence-electron chi connectivity index (χ2n) is 6.32. The lowest BCUT2D eigenvalue weighted by Crippen LogP contribution is -2.05. The van der Waals surface area contributed by atoms with Crippen LogP contribution in [0.5, 0.6) is 28.7 Å². The van der Waals surface area contributed by atoms with E-state index in [1.807, 2.05) is 0 Å². The Labute approximate surface area is 168 Å². The molecule has 0 aliphatic carbocycles. The van der Waals surface area contributed by atoms with Crippen LogP contribution in [-0.2, 0) is 0 Å². The Hall–Kier alpha value is -3.74. The number of hydrogen-bond acceptors (Lipinski definition) is 7. The summed E-state index contributed by atoms with van der Waals surface area (Å²) >= 11 is 0. The first kappa shape index (κ1) is 20.0. The van der Waals surface area contributed by atoms with Crippen molar-refractivity contribution in [3.05, 3.63) is 76.2 Å². The van der Waals surface area contributed by atoms with E-state index in [1.54, 1.807) is 54.6 Å². The van der Waals surface area contributed by atoms with Crippen LogP contribution in [0.1, 0.15) is 22.6 Å². The Morgan fingerprint density at radius 2 is 1.10 bits per heavy atom. The quantitative estimate of drug-likeness (QED) is 0.444. The van der Waals surface area contributed by atoms with Crippen molar-refractivity contribution in [3.63, 3.8) is 0 Å². The van der Waals surface area contributed by atoms with Gasteiger partial charge in [0.15, 0.2) is 23.0 Å². The number of nitroso groups, excluding NO2 is 1. The van der Waals surface area contributed by atoms with E-state index in [0.717, 1.165) is 16.7 Å². The van der Waals surface area contributed by atoms with Gasteiger partial charge in [0.1, 0.15) is 11.4 Å². The molecular weight excluding hydrogens is 374 g/mol. The van der Waals surface area contributed by atoms with Crippen molar-refractivity contribution in [2.45, 2.75) is 5.92 Å². The summed E-state index contributed by atoms with van der Waals surface area (Å²) in [6, 6.07) is 15.2. The lowest BCUT2D eigenvalue weighted by Gasteiger charge is -2.21. The first-order valence-electron chi connectivity index (χ1n) is 8.77. The van der Waals surface area contributed by atoms with Gasteiger partial charge in [0.25, 0.3) is 0 Å². The van der Waals surface area contributed by atoms with Gasteiger partial charge in [-0.15, -0.1) is 4.91 Å². The Morgan fingerprint density at radius 1 is 0.690 bits per heavy atom. The molecule has 3 aromatic rings. The van der Waals surface area contributed by atoms with E-state index < -0.39 is 0 Å². The number of phenols is 2. The highest BCUT2D eigenvalue weighted by atomic mass is 16.5. The molecule has 0 amide bonds.